The number of anilines is 1. The Morgan fingerprint density at radius 1 is 0.926 bits per heavy atom. The van der Waals surface area contributed by atoms with Gasteiger partial charge in [0.15, 0.2) is 0 Å². The van der Waals surface area contributed by atoms with E-state index in [4.69, 9.17) is 0 Å². The molecule has 27 heavy (non-hydrogen) atoms. The summed E-state index contributed by atoms with van der Waals surface area (Å²) >= 11 is 0. The minimum Gasteiger partial charge on any atom is -0.368 e. The van der Waals surface area contributed by atoms with Gasteiger partial charge in [0, 0.05) is 37.8 Å². The van der Waals surface area contributed by atoms with Crippen LogP contribution >= 0.6 is 0 Å². The first-order chi connectivity index (χ1) is 12.9. The Balaban J connectivity index is 1.60. The lowest BCUT2D eigenvalue weighted by Crippen LogP contribution is -2.33. The van der Waals surface area contributed by atoms with Crippen molar-refractivity contribution in [2.45, 2.75) is 12.6 Å². The molecular formula is C18H19F3N4O2. The van der Waals surface area contributed by atoms with Gasteiger partial charge in [0.05, 0.1) is 5.56 Å². The van der Waals surface area contributed by atoms with Gasteiger partial charge in [0.2, 0.25) is 5.91 Å². The molecule has 0 atom stereocenters. The highest BCUT2D eigenvalue weighted by molar-refractivity contribution is 5.94. The molecule has 0 aliphatic heterocycles. The van der Waals surface area contributed by atoms with Crippen LogP contribution in [0.25, 0.3) is 0 Å². The predicted molar refractivity (Wildman–Crippen MR) is 94.1 cm³/mol. The molecule has 0 fully saturated rings. The van der Waals surface area contributed by atoms with Crippen molar-refractivity contribution in [3.63, 3.8) is 0 Å². The zero-order valence-corrected chi connectivity index (χ0v) is 14.3. The highest BCUT2D eigenvalue weighted by Crippen LogP contribution is 2.28. The minimum absolute atomic E-state index is 0.122. The van der Waals surface area contributed by atoms with Gasteiger partial charge < -0.3 is 16.0 Å². The third-order valence-electron chi connectivity index (χ3n) is 3.52. The second-order valence-electron chi connectivity index (χ2n) is 5.58. The molecule has 0 saturated carbocycles. The molecule has 1 aromatic carbocycles. The van der Waals surface area contributed by atoms with E-state index in [0.717, 1.165) is 12.3 Å². The molecule has 2 amide bonds. The topological polar surface area (TPSA) is 83.1 Å². The van der Waals surface area contributed by atoms with Crippen LogP contribution in [0.4, 0.5) is 19.0 Å². The number of carbonyl (C=O) groups excluding carboxylic acids is 2. The third kappa shape index (κ3) is 6.96. The van der Waals surface area contributed by atoms with Crippen molar-refractivity contribution < 1.29 is 22.8 Å². The fourth-order valence-electron chi connectivity index (χ4n) is 2.13. The van der Waals surface area contributed by atoms with Crippen molar-refractivity contribution in [3.8, 4) is 0 Å². The summed E-state index contributed by atoms with van der Waals surface area (Å²) in [6.45, 7) is 0.780. The zero-order valence-electron chi connectivity index (χ0n) is 14.3. The van der Waals surface area contributed by atoms with Crippen molar-refractivity contribution in [2.75, 3.05) is 25.0 Å². The molecular weight excluding hydrogens is 361 g/mol. The molecule has 0 bridgehead atoms. The molecule has 2 rings (SSSR count). The standard InChI is InChI=1S/C18H19F3N4O2/c19-18(20,21)14-6-7-15(25-12-14)22-10-11-23-16(26)8-9-24-17(27)13-4-2-1-3-5-13/h1-7,12H,8-11H2,(H,22,25)(H,23,26)(H,24,27). The van der Waals surface area contributed by atoms with E-state index < -0.39 is 11.7 Å². The smallest absolute Gasteiger partial charge is 0.368 e. The number of pyridine rings is 1. The summed E-state index contributed by atoms with van der Waals surface area (Å²) in [5, 5.41) is 8.10. The van der Waals surface area contributed by atoms with Crippen molar-refractivity contribution in [1.29, 1.82) is 0 Å². The van der Waals surface area contributed by atoms with E-state index in [1.807, 2.05) is 0 Å². The lowest BCUT2D eigenvalue weighted by molar-refractivity contribution is -0.137. The Morgan fingerprint density at radius 3 is 2.30 bits per heavy atom. The summed E-state index contributed by atoms with van der Waals surface area (Å²) in [7, 11) is 0. The van der Waals surface area contributed by atoms with Crippen LogP contribution in [0.5, 0.6) is 0 Å². The first kappa shape index (κ1) is 20.2. The van der Waals surface area contributed by atoms with Gasteiger partial charge in [-0.25, -0.2) is 4.98 Å². The number of hydrogen-bond donors (Lipinski definition) is 3. The fraction of sp³-hybridized carbons (Fsp3) is 0.278. The summed E-state index contributed by atoms with van der Waals surface area (Å²) in [5.41, 5.74) is -0.301. The van der Waals surface area contributed by atoms with E-state index >= 15 is 0 Å². The summed E-state index contributed by atoms with van der Waals surface area (Å²) in [4.78, 5) is 27.2. The molecule has 6 nitrogen and oxygen atoms in total. The summed E-state index contributed by atoms with van der Waals surface area (Å²) in [5.74, 6) is -0.212. The largest absolute Gasteiger partial charge is 0.417 e. The quantitative estimate of drug-likeness (QED) is 0.615. The maximum absolute atomic E-state index is 12.4. The number of carbonyl (C=O) groups is 2. The van der Waals surface area contributed by atoms with Crippen LogP contribution in [-0.2, 0) is 11.0 Å². The fourth-order valence-corrected chi connectivity index (χ4v) is 2.13. The number of benzene rings is 1. The number of rotatable bonds is 8. The van der Waals surface area contributed by atoms with E-state index in [1.54, 1.807) is 30.3 Å². The maximum Gasteiger partial charge on any atom is 0.417 e. The highest BCUT2D eigenvalue weighted by Gasteiger charge is 2.30. The molecule has 1 heterocycles. The van der Waals surface area contributed by atoms with Crippen LogP contribution in [0.1, 0.15) is 22.3 Å². The number of hydrogen-bond acceptors (Lipinski definition) is 4. The van der Waals surface area contributed by atoms with Crippen LogP contribution in [0, 0.1) is 0 Å². The van der Waals surface area contributed by atoms with E-state index in [-0.39, 0.29) is 37.1 Å². The first-order valence-electron chi connectivity index (χ1n) is 8.23. The normalized spacial score (nSPS) is 10.9. The number of alkyl halides is 3. The Bertz CT molecular complexity index is 749. The zero-order chi connectivity index (χ0) is 19.7. The van der Waals surface area contributed by atoms with E-state index in [9.17, 15) is 22.8 Å². The van der Waals surface area contributed by atoms with Gasteiger partial charge in [0.25, 0.3) is 5.91 Å². The summed E-state index contributed by atoms with van der Waals surface area (Å²) < 4.78 is 37.3. The average molecular weight is 380 g/mol. The number of nitrogens with one attached hydrogen (secondary N) is 3. The molecule has 0 aliphatic carbocycles. The second kappa shape index (κ2) is 9.56. The van der Waals surface area contributed by atoms with Gasteiger partial charge in [-0.15, -0.1) is 0 Å². The SMILES string of the molecule is O=C(CCNC(=O)c1ccccc1)NCCNc1ccc(C(F)(F)F)cn1. The number of aromatic nitrogens is 1. The van der Waals surface area contributed by atoms with Crippen molar-refractivity contribution in [3.05, 3.63) is 59.8 Å². The molecule has 0 saturated heterocycles. The molecule has 144 valence electrons. The number of halogens is 3. The Kier molecular flexibility index (Phi) is 7.16. The van der Waals surface area contributed by atoms with Crippen molar-refractivity contribution >= 4 is 17.6 Å². The Hall–Kier alpha value is -3.10. The van der Waals surface area contributed by atoms with E-state index in [1.165, 1.54) is 6.07 Å². The second-order valence-corrected chi connectivity index (χ2v) is 5.58. The molecule has 0 unspecified atom stereocenters. The Morgan fingerprint density at radius 2 is 1.67 bits per heavy atom. The van der Waals surface area contributed by atoms with Gasteiger partial charge in [-0.05, 0) is 24.3 Å². The third-order valence-corrected chi connectivity index (χ3v) is 3.52. The molecule has 0 aliphatic rings. The molecule has 0 radical (unpaired) electrons. The van der Waals surface area contributed by atoms with Crippen LogP contribution in [0.2, 0.25) is 0 Å². The van der Waals surface area contributed by atoms with Crippen LogP contribution in [0.3, 0.4) is 0 Å². The lowest BCUT2D eigenvalue weighted by atomic mass is 10.2. The molecule has 9 heteroatoms. The maximum atomic E-state index is 12.4. The van der Waals surface area contributed by atoms with Gasteiger partial charge >= 0.3 is 6.18 Å². The summed E-state index contributed by atoms with van der Waals surface area (Å²) in [6.07, 6.45) is -3.55. The van der Waals surface area contributed by atoms with Gasteiger partial charge in [-0.3, -0.25) is 9.59 Å². The highest BCUT2D eigenvalue weighted by atomic mass is 19.4. The molecule has 3 N–H and O–H groups in total. The van der Waals surface area contributed by atoms with Gasteiger partial charge in [-0.2, -0.15) is 13.2 Å². The number of amides is 2. The predicted octanol–water partition coefficient (Wildman–Crippen LogP) is 2.45. The van der Waals surface area contributed by atoms with Gasteiger partial charge in [0.1, 0.15) is 5.82 Å². The molecule has 0 spiro atoms. The summed E-state index contributed by atoms with van der Waals surface area (Å²) in [6, 6.07) is 10.8. The minimum atomic E-state index is -4.42. The van der Waals surface area contributed by atoms with Crippen molar-refractivity contribution in [1.82, 2.24) is 15.6 Å². The van der Waals surface area contributed by atoms with Crippen LogP contribution in [0.15, 0.2) is 48.7 Å². The van der Waals surface area contributed by atoms with Gasteiger partial charge in [-0.1, -0.05) is 18.2 Å². The van der Waals surface area contributed by atoms with E-state index in [2.05, 4.69) is 20.9 Å². The monoisotopic (exact) mass is 380 g/mol. The van der Waals surface area contributed by atoms with E-state index in [0.29, 0.717) is 12.1 Å². The van der Waals surface area contributed by atoms with Crippen LogP contribution in [-0.4, -0.2) is 36.4 Å². The lowest BCUT2D eigenvalue weighted by Gasteiger charge is -2.09. The Labute approximate surface area is 154 Å². The number of nitrogens with zero attached hydrogens (tertiary/aromatic N) is 1. The van der Waals surface area contributed by atoms with Crippen molar-refractivity contribution in [2.24, 2.45) is 0 Å². The molecule has 1 aromatic heterocycles. The average Bonchev–Trinajstić information content (AvgIpc) is 2.65. The van der Waals surface area contributed by atoms with Crippen LogP contribution < -0.4 is 16.0 Å². The molecule has 2 aromatic rings. The first-order valence-corrected chi connectivity index (χ1v) is 8.23.